The predicted octanol–water partition coefficient (Wildman–Crippen LogP) is -0.102. The number of methoxy groups -OCH3 is 1. The van der Waals surface area contributed by atoms with Crippen LogP contribution < -0.4 is 21.3 Å². The minimum Gasteiger partial charge on any atom is -0.453 e. The summed E-state index contributed by atoms with van der Waals surface area (Å²) in [5.41, 5.74) is 0. The molecule has 0 saturated carbocycles. The Hall–Kier alpha value is -2.52. The van der Waals surface area contributed by atoms with Gasteiger partial charge in [0.1, 0.15) is 6.61 Å². The van der Waals surface area contributed by atoms with Crippen molar-refractivity contribution in [2.75, 3.05) is 27.1 Å². The maximum atomic E-state index is 11.2. The summed E-state index contributed by atoms with van der Waals surface area (Å²) >= 11 is 0. The molecule has 0 aliphatic carbocycles. The Kier molecular flexibility index (Phi) is 16.6. The smallest absolute Gasteiger partial charge is 0.408 e. The number of rotatable bonds is 7. The van der Waals surface area contributed by atoms with Gasteiger partial charge in [-0.15, -0.1) is 0 Å². The van der Waals surface area contributed by atoms with E-state index in [0.29, 0.717) is 0 Å². The zero-order valence-corrected chi connectivity index (χ0v) is 11.3. The van der Waals surface area contributed by atoms with Crippen molar-refractivity contribution < 1.29 is 28.7 Å². The molecule has 0 aromatic heterocycles. The topological polar surface area (TPSA) is 135 Å². The van der Waals surface area contributed by atoms with E-state index in [-0.39, 0.29) is 47.1 Å². The lowest BCUT2D eigenvalue weighted by Gasteiger charge is -2.08. The lowest BCUT2D eigenvalue weighted by atomic mass is 10.4. The van der Waals surface area contributed by atoms with Gasteiger partial charge in [-0.1, -0.05) is 14.9 Å². The number of carbonyl (C=O) groups excluding carboxylic acids is 4. The molecule has 0 heterocycles. The summed E-state index contributed by atoms with van der Waals surface area (Å²) in [5.74, 6) is -0.696. The summed E-state index contributed by atoms with van der Waals surface area (Å²) in [7, 11) is 1.20. The number of alkyl carbamates (subject to hydrolysis) is 2. The second kappa shape index (κ2) is 14.9. The molecule has 0 spiro atoms. The zero-order chi connectivity index (χ0) is 15.4. The third-order valence-corrected chi connectivity index (χ3v) is 1.84. The second-order valence-electron chi connectivity index (χ2n) is 3.42. The molecule has 22 heavy (non-hydrogen) atoms. The molecule has 130 valence electrons. The number of carbonyl (C=O) groups is 4. The summed E-state index contributed by atoms with van der Waals surface area (Å²) in [5, 5.41) is 9.20. The van der Waals surface area contributed by atoms with Crippen LogP contribution in [0.15, 0.2) is 0 Å². The van der Waals surface area contributed by atoms with Crippen LogP contribution in [0.5, 0.6) is 0 Å². The van der Waals surface area contributed by atoms with Gasteiger partial charge >= 0.3 is 12.2 Å². The molecule has 0 rings (SSSR count). The number of hydrogen-bond acceptors (Lipinski definition) is 6. The van der Waals surface area contributed by atoms with Crippen LogP contribution in [0, 0.1) is 0 Å². The summed E-state index contributed by atoms with van der Waals surface area (Å²) in [6, 6.07) is 0. The molecular weight excluding hydrogens is 296 g/mol. The van der Waals surface area contributed by atoms with Gasteiger partial charge in [0, 0.05) is 6.92 Å². The number of hydrogen-bond donors (Lipinski definition) is 4. The lowest BCUT2D eigenvalue weighted by Crippen LogP contribution is -2.38. The third-order valence-electron chi connectivity index (χ3n) is 1.84. The van der Waals surface area contributed by atoms with Gasteiger partial charge in [-0.05, 0) is 0 Å². The Morgan fingerprint density at radius 3 is 1.95 bits per heavy atom. The summed E-state index contributed by atoms with van der Waals surface area (Å²) in [6.07, 6.45) is -1.48. The minimum atomic E-state index is -0.751. The molecule has 0 unspecified atom stereocenters. The fraction of sp³-hybridized carbons (Fsp3) is 0.667. The Bertz CT molecular complexity index is 362. The van der Waals surface area contributed by atoms with Crippen LogP contribution in [-0.4, -0.2) is 51.1 Å². The van der Waals surface area contributed by atoms with Crippen LogP contribution in [0.25, 0.3) is 0 Å². The molecule has 0 bridgehead atoms. The van der Waals surface area contributed by atoms with Crippen molar-refractivity contribution >= 4 is 24.0 Å². The van der Waals surface area contributed by atoms with E-state index >= 15 is 0 Å². The highest BCUT2D eigenvalue weighted by atomic mass is 16.5. The van der Waals surface area contributed by atoms with Crippen molar-refractivity contribution in [3.63, 3.8) is 0 Å². The van der Waals surface area contributed by atoms with Gasteiger partial charge in [0.15, 0.2) is 0 Å². The molecule has 4 N–H and O–H groups in total. The van der Waals surface area contributed by atoms with Gasteiger partial charge in [-0.3, -0.25) is 9.59 Å². The molecule has 10 nitrogen and oxygen atoms in total. The molecule has 0 aliphatic heterocycles. The first-order chi connectivity index (χ1) is 9.45. The van der Waals surface area contributed by atoms with E-state index in [0.717, 1.165) is 0 Å². The van der Waals surface area contributed by atoms with Crippen molar-refractivity contribution in [2.24, 2.45) is 0 Å². The van der Waals surface area contributed by atoms with Gasteiger partial charge in [0.25, 0.3) is 0 Å². The van der Waals surface area contributed by atoms with E-state index < -0.39 is 18.1 Å². The highest BCUT2D eigenvalue weighted by Gasteiger charge is 2.05. The first-order valence-corrected chi connectivity index (χ1v) is 5.69. The maximum absolute atomic E-state index is 11.2. The van der Waals surface area contributed by atoms with Gasteiger partial charge < -0.3 is 30.7 Å². The average Bonchev–Trinajstić information content (AvgIpc) is 2.38. The van der Waals surface area contributed by atoms with Crippen molar-refractivity contribution in [3.8, 4) is 0 Å². The lowest BCUT2D eigenvalue weighted by molar-refractivity contribution is -0.121. The Labute approximate surface area is 130 Å². The van der Waals surface area contributed by atoms with Crippen molar-refractivity contribution in [3.05, 3.63) is 0 Å². The Balaban J connectivity index is -0.00000180. The number of amides is 4. The van der Waals surface area contributed by atoms with E-state index in [9.17, 15) is 19.2 Å². The molecule has 0 aromatic rings. The van der Waals surface area contributed by atoms with E-state index in [4.69, 9.17) is 0 Å². The van der Waals surface area contributed by atoms with Crippen molar-refractivity contribution in [2.45, 2.75) is 28.2 Å². The van der Waals surface area contributed by atoms with Crippen LogP contribution in [0.3, 0.4) is 0 Å². The normalized spacial score (nSPS) is 8.27. The van der Waals surface area contributed by atoms with Gasteiger partial charge in [0.2, 0.25) is 11.8 Å². The predicted molar refractivity (Wildman–Crippen MR) is 79.8 cm³/mol. The van der Waals surface area contributed by atoms with E-state index in [1.54, 1.807) is 0 Å². The number of ether oxygens (including phenoxy) is 2. The van der Waals surface area contributed by atoms with Gasteiger partial charge in [-0.2, -0.15) is 0 Å². The largest absolute Gasteiger partial charge is 0.453 e. The fourth-order valence-electron chi connectivity index (χ4n) is 0.904. The minimum absolute atomic E-state index is 0. The van der Waals surface area contributed by atoms with Gasteiger partial charge in [0.05, 0.1) is 26.9 Å². The summed E-state index contributed by atoms with van der Waals surface area (Å²) in [4.78, 5) is 43.4. The first kappa shape index (κ1) is 24.5. The third kappa shape index (κ3) is 15.5. The second-order valence-corrected chi connectivity index (χ2v) is 3.42. The molecule has 0 aromatic carbocycles. The molecule has 4 amide bonds. The monoisotopic (exact) mass is 322 g/mol. The standard InChI is InChI=1S/C10H18N4O6.2CH4/c1-7(15)11-5-14-10(18)20-4-3-8(16)12-6-13-9(17)19-2;;/h3-6H2,1-2H3,(H,11,15)(H,12,16)(H,13,17)(H,14,18);2*1H4. The highest BCUT2D eigenvalue weighted by molar-refractivity contribution is 5.77. The molecular formula is C12H26N4O6. The first-order valence-electron chi connectivity index (χ1n) is 5.69. The maximum Gasteiger partial charge on any atom is 0.408 e. The Morgan fingerprint density at radius 2 is 1.41 bits per heavy atom. The highest BCUT2D eigenvalue weighted by Crippen LogP contribution is 1.84. The van der Waals surface area contributed by atoms with Crippen molar-refractivity contribution in [1.82, 2.24) is 21.3 Å². The van der Waals surface area contributed by atoms with Crippen LogP contribution in [0.4, 0.5) is 9.59 Å². The molecule has 10 heteroatoms. The SMILES string of the molecule is C.C.COC(=O)NCNC(=O)CCOC(=O)NCNC(C)=O. The molecule has 0 atom stereocenters. The molecule has 0 fully saturated rings. The molecule has 0 saturated heterocycles. The summed E-state index contributed by atoms with van der Waals surface area (Å²) < 4.78 is 8.96. The summed E-state index contributed by atoms with van der Waals surface area (Å²) in [6.45, 7) is 1.04. The molecule has 0 aliphatic rings. The fourth-order valence-corrected chi connectivity index (χ4v) is 0.904. The van der Waals surface area contributed by atoms with Gasteiger partial charge in [-0.25, -0.2) is 9.59 Å². The van der Waals surface area contributed by atoms with E-state index in [1.165, 1.54) is 14.0 Å². The Morgan fingerprint density at radius 1 is 0.864 bits per heavy atom. The number of nitrogens with one attached hydrogen (secondary N) is 4. The molecule has 0 radical (unpaired) electrons. The van der Waals surface area contributed by atoms with E-state index in [2.05, 4.69) is 30.7 Å². The van der Waals surface area contributed by atoms with Crippen LogP contribution in [0.2, 0.25) is 0 Å². The quantitative estimate of drug-likeness (QED) is 0.483. The van der Waals surface area contributed by atoms with Crippen molar-refractivity contribution in [1.29, 1.82) is 0 Å². The van der Waals surface area contributed by atoms with Crippen LogP contribution in [-0.2, 0) is 19.1 Å². The van der Waals surface area contributed by atoms with E-state index in [1.807, 2.05) is 0 Å². The average molecular weight is 322 g/mol. The zero-order valence-electron chi connectivity index (χ0n) is 11.3. The van der Waals surface area contributed by atoms with Crippen LogP contribution in [0.1, 0.15) is 28.2 Å². The van der Waals surface area contributed by atoms with Crippen LogP contribution >= 0.6 is 0 Å².